The van der Waals surface area contributed by atoms with Crippen LogP contribution in [-0.4, -0.2) is 25.6 Å². The molecule has 0 aliphatic rings. The summed E-state index contributed by atoms with van der Waals surface area (Å²) < 4.78 is 32.0. The summed E-state index contributed by atoms with van der Waals surface area (Å²) >= 11 is 0. The van der Waals surface area contributed by atoms with Gasteiger partial charge in [-0.05, 0) is 29.8 Å². The molecule has 0 unspecified atom stereocenters. The van der Waals surface area contributed by atoms with Crippen molar-refractivity contribution in [2.75, 3.05) is 7.11 Å². The first-order valence-corrected chi connectivity index (χ1v) is 7.71. The van der Waals surface area contributed by atoms with E-state index >= 15 is 0 Å². The summed E-state index contributed by atoms with van der Waals surface area (Å²) in [6.07, 6.45) is 3.21. The van der Waals surface area contributed by atoms with Crippen LogP contribution >= 0.6 is 0 Å². The molecule has 0 aliphatic heterocycles. The highest BCUT2D eigenvalue weighted by molar-refractivity contribution is 7.89. The smallest absolute Gasteiger partial charge is 0.240 e. The Hall–Kier alpha value is -1.96. The first-order chi connectivity index (χ1) is 10.1. The van der Waals surface area contributed by atoms with Crippen LogP contribution < -0.4 is 9.46 Å². The van der Waals surface area contributed by atoms with Crippen LogP contribution in [0.3, 0.4) is 0 Å². The average Bonchev–Trinajstić information content (AvgIpc) is 2.53. The van der Waals surface area contributed by atoms with E-state index in [1.54, 1.807) is 24.5 Å². The van der Waals surface area contributed by atoms with E-state index in [-0.39, 0.29) is 18.0 Å². The monoisotopic (exact) mass is 308 g/mol. The molecule has 0 amide bonds. The quantitative estimate of drug-likeness (QED) is 0.833. The van der Waals surface area contributed by atoms with E-state index in [9.17, 15) is 13.5 Å². The topological polar surface area (TPSA) is 88.5 Å². The minimum Gasteiger partial charge on any atom is -0.496 e. The molecule has 0 saturated carbocycles. The predicted octanol–water partition coefficient (Wildman–Crippen LogP) is 1.06. The van der Waals surface area contributed by atoms with Crippen molar-refractivity contribution in [3.63, 3.8) is 0 Å². The molecule has 0 spiro atoms. The van der Waals surface area contributed by atoms with Crippen LogP contribution in [-0.2, 0) is 23.2 Å². The maximum atomic E-state index is 12.2. The van der Waals surface area contributed by atoms with Gasteiger partial charge in [0.05, 0.1) is 18.6 Å². The number of methoxy groups -OCH3 is 1. The standard InChI is InChI=1S/C14H16N2O4S/c1-20-14-5-4-13(7-12(14)10-17)21(18,19)16-9-11-3-2-6-15-8-11/h2-8,16-17H,9-10H2,1H3. The third-order valence-corrected chi connectivity index (χ3v) is 4.32. The zero-order valence-corrected chi connectivity index (χ0v) is 12.3. The fraction of sp³-hybridized carbons (Fsp3) is 0.214. The van der Waals surface area contributed by atoms with Crippen LogP contribution in [0.2, 0.25) is 0 Å². The van der Waals surface area contributed by atoms with Crippen molar-refractivity contribution in [3.8, 4) is 5.75 Å². The molecular weight excluding hydrogens is 292 g/mol. The zero-order chi connectivity index (χ0) is 15.3. The Bertz CT molecular complexity index is 702. The third-order valence-electron chi connectivity index (χ3n) is 2.92. The Balaban J connectivity index is 2.19. The lowest BCUT2D eigenvalue weighted by atomic mass is 10.2. The van der Waals surface area contributed by atoms with Crippen LogP contribution in [0.15, 0.2) is 47.6 Å². The highest BCUT2D eigenvalue weighted by Crippen LogP contribution is 2.22. The SMILES string of the molecule is COc1ccc(S(=O)(=O)NCc2cccnc2)cc1CO. The molecule has 0 atom stereocenters. The molecule has 7 heteroatoms. The van der Waals surface area contributed by atoms with Crippen molar-refractivity contribution in [1.82, 2.24) is 9.71 Å². The molecule has 0 saturated heterocycles. The fourth-order valence-corrected chi connectivity index (χ4v) is 2.88. The van der Waals surface area contributed by atoms with Crippen molar-refractivity contribution in [3.05, 3.63) is 53.9 Å². The molecule has 1 heterocycles. The van der Waals surface area contributed by atoms with Crippen LogP contribution in [0.5, 0.6) is 5.75 Å². The number of hydrogen-bond acceptors (Lipinski definition) is 5. The molecule has 21 heavy (non-hydrogen) atoms. The van der Waals surface area contributed by atoms with Gasteiger partial charge in [-0.15, -0.1) is 0 Å². The van der Waals surface area contributed by atoms with E-state index in [1.165, 1.54) is 25.3 Å². The van der Waals surface area contributed by atoms with E-state index in [4.69, 9.17) is 4.74 Å². The number of ether oxygens (including phenoxy) is 1. The maximum Gasteiger partial charge on any atom is 0.240 e. The second-order valence-electron chi connectivity index (χ2n) is 4.32. The number of rotatable bonds is 6. The molecule has 0 aliphatic carbocycles. The number of aliphatic hydroxyl groups excluding tert-OH is 1. The minimum atomic E-state index is -3.66. The molecule has 112 valence electrons. The summed E-state index contributed by atoms with van der Waals surface area (Å²) in [7, 11) is -2.20. The number of nitrogens with one attached hydrogen (secondary N) is 1. The Labute approximate surface area is 123 Å². The van der Waals surface area contributed by atoms with E-state index in [0.717, 1.165) is 5.56 Å². The second kappa shape index (κ2) is 6.66. The Morgan fingerprint density at radius 3 is 2.76 bits per heavy atom. The van der Waals surface area contributed by atoms with Gasteiger partial charge in [-0.1, -0.05) is 6.07 Å². The first-order valence-electron chi connectivity index (χ1n) is 6.23. The lowest BCUT2D eigenvalue weighted by Crippen LogP contribution is -2.23. The van der Waals surface area contributed by atoms with Gasteiger partial charge in [0.2, 0.25) is 10.0 Å². The number of aromatic nitrogens is 1. The third kappa shape index (κ3) is 3.78. The number of sulfonamides is 1. The summed E-state index contributed by atoms with van der Waals surface area (Å²) in [6, 6.07) is 7.86. The van der Waals surface area contributed by atoms with E-state index in [2.05, 4.69) is 9.71 Å². The summed E-state index contributed by atoms with van der Waals surface area (Å²) in [5.74, 6) is 0.448. The van der Waals surface area contributed by atoms with Crippen molar-refractivity contribution >= 4 is 10.0 Å². The van der Waals surface area contributed by atoms with Gasteiger partial charge in [-0.3, -0.25) is 4.98 Å². The summed E-state index contributed by atoms with van der Waals surface area (Å²) in [6.45, 7) is -0.147. The van der Waals surface area contributed by atoms with Gasteiger partial charge >= 0.3 is 0 Å². The van der Waals surface area contributed by atoms with Crippen molar-refractivity contribution in [2.45, 2.75) is 18.0 Å². The predicted molar refractivity (Wildman–Crippen MR) is 77.2 cm³/mol. The second-order valence-corrected chi connectivity index (χ2v) is 6.08. The van der Waals surface area contributed by atoms with E-state index in [1.807, 2.05) is 0 Å². The van der Waals surface area contributed by atoms with Gasteiger partial charge in [-0.2, -0.15) is 0 Å². The van der Waals surface area contributed by atoms with Gasteiger partial charge in [0.15, 0.2) is 0 Å². The van der Waals surface area contributed by atoms with Crippen molar-refractivity contribution in [1.29, 1.82) is 0 Å². The molecule has 0 radical (unpaired) electrons. The maximum absolute atomic E-state index is 12.2. The van der Waals surface area contributed by atoms with Gasteiger partial charge in [0.1, 0.15) is 5.75 Å². The number of benzene rings is 1. The van der Waals surface area contributed by atoms with Gasteiger partial charge in [0, 0.05) is 24.5 Å². The Morgan fingerprint density at radius 2 is 2.14 bits per heavy atom. The van der Waals surface area contributed by atoms with E-state index in [0.29, 0.717) is 11.3 Å². The molecule has 0 fully saturated rings. The Kier molecular flexibility index (Phi) is 4.89. The van der Waals surface area contributed by atoms with Crippen LogP contribution in [0, 0.1) is 0 Å². The van der Waals surface area contributed by atoms with E-state index < -0.39 is 10.0 Å². The number of pyridine rings is 1. The molecule has 6 nitrogen and oxygen atoms in total. The highest BCUT2D eigenvalue weighted by atomic mass is 32.2. The minimum absolute atomic E-state index is 0.0799. The highest BCUT2D eigenvalue weighted by Gasteiger charge is 2.16. The molecule has 2 N–H and O–H groups in total. The molecule has 2 aromatic rings. The van der Waals surface area contributed by atoms with Crippen LogP contribution in [0.25, 0.3) is 0 Å². The largest absolute Gasteiger partial charge is 0.496 e. The van der Waals surface area contributed by atoms with Gasteiger partial charge < -0.3 is 9.84 Å². The fourth-order valence-electron chi connectivity index (χ4n) is 1.81. The number of hydrogen-bond donors (Lipinski definition) is 2. The van der Waals surface area contributed by atoms with Crippen molar-refractivity contribution in [2.24, 2.45) is 0 Å². The van der Waals surface area contributed by atoms with Gasteiger partial charge in [-0.25, -0.2) is 13.1 Å². The summed E-state index contributed by atoms with van der Waals surface area (Å²) in [5.41, 5.74) is 1.18. The lowest BCUT2D eigenvalue weighted by Gasteiger charge is -2.10. The molecule has 1 aromatic carbocycles. The average molecular weight is 308 g/mol. The zero-order valence-electron chi connectivity index (χ0n) is 11.5. The normalized spacial score (nSPS) is 11.3. The molecule has 1 aromatic heterocycles. The van der Waals surface area contributed by atoms with Crippen LogP contribution in [0.1, 0.15) is 11.1 Å². The lowest BCUT2D eigenvalue weighted by molar-refractivity contribution is 0.273. The van der Waals surface area contributed by atoms with Gasteiger partial charge in [0.25, 0.3) is 0 Å². The number of nitrogens with zero attached hydrogens (tertiary/aromatic N) is 1. The van der Waals surface area contributed by atoms with Crippen molar-refractivity contribution < 1.29 is 18.3 Å². The summed E-state index contributed by atoms with van der Waals surface area (Å²) in [4.78, 5) is 4.00. The summed E-state index contributed by atoms with van der Waals surface area (Å²) in [5, 5.41) is 9.24. The molecule has 2 rings (SSSR count). The first kappa shape index (κ1) is 15.4. The molecule has 0 bridgehead atoms. The Morgan fingerprint density at radius 1 is 1.33 bits per heavy atom. The number of aliphatic hydroxyl groups is 1. The molecular formula is C14H16N2O4S. The van der Waals surface area contributed by atoms with Crippen LogP contribution in [0.4, 0.5) is 0 Å².